The Hall–Kier alpha value is -0.313. The average Bonchev–Trinajstić information content (AvgIpc) is 2.01. The van der Waals surface area contributed by atoms with Gasteiger partial charge in [-0.3, -0.25) is 4.79 Å². The molecule has 0 saturated carbocycles. The molecule has 1 amide bonds. The standard InChI is InChI=1S/C10H23NOSi/c1-6-7-9(13(3,4)5)8-10(12)11-2/h9H,6-8H2,1-5H3,(H,11,12). The summed E-state index contributed by atoms with van der Waals surface area (Å²) in [6.45, 7) is 9.22. The molecule has 0 rings (SSSR count). The molecular weight excluding hydrogens is 178 g/mol. The van der Waals surface area contributed by atoms with Gasteiger partial charge in [0.25, 0.3) is 0 Å². The van der Waals surface area contributed by atoms with E-state index in [2.05, 4.69) is 31.9 Å². The molecule has 0 aromatic rings. The summed E-state index contributed by atoms with van der Waals surface area (Å²) in [6.07, 6.45) is 3.11. The molecule has 1 atom stereocenters. The van der Waals surface area contributed by atoms with Gasteiger partial charge in [-0.25, -0.2) is 0 Å². The fourth-order valence-electron chi connectivity index (χ4n) is 1.52. The highest BCUT2D eigenvalue weighted by Crippen LogP contribution is 2.29. The van der Waals surface area contributed by atoms with Gasteiger partial charge in [0.15, 0.2) is 0 Å². The number of rotatable bonds is 5. The molecule has 0 fully saturated rings. The van der Waals surface area contributed by atoms with Gasteiger partial charge in [-0.15, -0.1) is 0 Å². The molecule has 78 valence electrons. The molecule has 0 heterocycles. The molecule has 0 aromatic heterocycles. The fourth-order valence-corrected chi connectivity index (χ4v) is 3.47. The Balaban J connectivity index is 4.18. The van der Waals surface area contributed by atoms with Crippen LogP contribution in [0.1, 0.15) is 26.2 Å². The van der Waals surface area contributed by atoms with Gasteiger partial charge in [-0.05, 0) is 5.54 Å². The number of carbonyl (C=O) groups excluding carboxylic acids is 1. The molecule has 0 bridgehead atoms. The van der Waals surface area contributed by atoms with E-state index in [1.807, 2.05) is 0 Å². The first-order valence-corrected chi connectivity index (χ1v) is 8.70. The Kier molecular flexibility index (Phi) is 5.29. The van der Waals surface area contributed by atoms with E-state index >= 15 is 0 Å². The van der Waals surface area contributed by atoms with Gasteiger partial charge in [0.1, 0.15) is 0 Å². The van der Waals surface area contributed by atoms with Gasteiger partial charge >= 0.3 is 0 Å². The third-order valence-corrected chi connectivity index (χ3v) is 5.51. The maximum atomic E-state index is 11.3. The summed E-state index contributed by atoms with van der Waals surface area (Å²) in [5.74, 6) is 0.195. The van der Waals surface area contributed by atoms with E-state index in [1.54, 1.807) is 7.05 Å². The third-order valence-electron chi connectivity index (χ3n) is 2.57. The van der Waals surface area contributed by atoms with Crippen LogP contribution in [0.2, 0.25) is 25.2 Å². The smallest absolute Gasteiger partial charge is 0.219 e. The second kappa shape index (κ2) is 5.42. The van der Waals surface area contributed by atoms with Crippen molar-refractivity contribution in [1.82, 2.24) is 5.32 Å². The molecular formula is C10H23NOSi. The van der Waals surface area contributed by atoms with Crippen molar-refractivity contribution in [2.24, 2.45) is 0 Å². The Morgan fingerprint density at radius 1 is 1.38 bits per heavy atom. The Bertz CT molecular complexity index is 163. The van der Waals surface area contributed by atoms with Crippen molar-refractivity contribution < 1.29 is 4.79 Å². The van der Waals surface area contributed by atoms with E-state index < -0.39 is 8.07 Å². The minimum atomic E-state index is -1.15. The summed E-state index contributed by atoms with van der Waals surface area (Å²) in [6, 6.07) is 0. The quantitative estimate of drug-likeness (QED) is 0.681. The van der Waals surface area contributed by atoms with Gasteiger partial charge in [-0.2, -0.15) is 0 Å². The lowest BCUT2D eigenvalue weighted by Crippen LogP contribution is -2.32. The Morgan fingerprint density at radius 3 is 2.23 bits per heavy atom. The minimum Gasteiger partial charge on any atom is -0.359 e. The molecule has 0 aromatic carbocycles. The lowest BCUT2D eigenvalue weighted by Gasteiger charge is -2.28. The zero-order valence-corrected chi connectivity index (χ0v) is 10.6. The van der Waals surface area contributed by atoms with Crippen LogP contribution in [0.5, 0.6) is 0 Å². The molecule has 1 N–H and O–H groups in total. The predicted molar refractivity (Wildman–Crippen MR) is 60.7 cm³/mol. The van der Waals surface area contributed by atoms with Crippen molar-refractivity contribution >= 4 is 14.0 Å². The van der Waals surface area contributed by atoms with Crippen LogP contribution in [0.4, 0.5) is 0 Å². The Morgan fingerprint density at radius 2 is 1.92 bits per heavy atom. The lowest BCUT2D eigenvalue weighted by atomic mass is 10.2. The zero-order chi connectivity index (χ0) is 10.5. The zero-order valence-electron chi connectivity index (χ0n) is 9.61. The number of amides is 1. The molecule has 0 aliphatic carbocycles. The van der Waals surface area contributed by atoms with Gasteiger partial charge in [0, 0.05) is 21.5 Å². The second-order valence-electron chi connectivity index (χ2n) is 4.73. The summed E-state index contributed by atoms with van der Waals surface area (Å²) in [5.41, 5.74) is 0.637. The van der Waals surface area contributed by atoms with Crippen LogP contribution in [0.15, 0.2) is 0 Å². The van der Waals surface area contributed by atoms with E-state index in [0.717, 1.165) is 6.42 Å². The van der Waals surface area contributed by atoms with Gasteiger partial charge in [0.05, 0.1) is 0 Å². The highest BCUT2D eigenvalue weighted by Gasteiger charge is 2.27. The van der Waals surface area contributed by atoms with E-state index in [-0.39, 0.29) is 5.91 Å². The number of hydrogen-bond acceptors (Lipinski definition) is 1. The molecule has 2 nitrogen and oxygen atoms in total. The maximum absolute atomic E-state index is 11.3. The fraction of sp³-hybridized carbons (Fsp3) is 0.900. The number of carbonyl (C=O) groups is 1. The largest absolute Gasteiger partial charge is 0.359 e. The summed E-state index contributed by atoms with van der Waals surface area (Å²) < 4.78 is 0. The summed E-state index contributed by atoms with van der Waals surface area (Å²) in [4.78, 5) is 11.3. The topological polar surface area (TPSA) is 29.1 Å². The van der Waals surface area contributed by atoms with E-state index in [4.69, 9.17) is 0 Å². The van der Waals surface area contributed by atoms with Crippen LogP contribution in [0.25, 0.3) is 0 Å². The Labute approximate surface area is 83.1 Å². The van der Waals surface area contributed by atoms with Crippen LogP contribution in [0, 0.1) is 0 Å². The normalized spacial score (nSPS) is 13.9. The second-order valence-corrected chi connectivity index (χ2v) is 10.3. The first-order chi connectivity index (χ1) is 5.91. The van der Waals surface area contributed by atoms with Gasteiger partial charge < -0.3 is 5.32 Å². The van der Waals surface area contributed by atoms with Crippen LogP contribution in [-0.2, 0) is 4.79 Å². The number of hydrogen-bond donors (Lipinski definition) is 1. The monoisotopic (exact) mass is 201 g/mol. The van der Waals surface area contributed by atoms with Crippen LogP contribution < -0.4 is 5.32 Å². The average molecular weight is 201 g/mol. The van der Waals surface area contributed by atoms with E-state index in [0.29, 0.717) is 5.54 Å². The first kappa shape index (κ1) is 12.7. The SMILES string of the molecule is CCCC(CC(=O)NC)[Si](C)(C)C. The van der Waals surface area contributed by atoms with Gasteiger partial charge in [-0.1, -0.05) is 39.4 Å². The highest BCUT2D eigenvalue weighted by atomic mass is 28.3. The summed E-state index contributed by atoms with van der Waals surface area (Å²) in [5, 5.41) is 2.71. The molecule has 0 aliphatic rings. The highest BCUT2D eigenvalue weighted by molar-refractivity contribution is 6.77. The molecule has 1 unspecified atom stereocenters. The molecule has 0 aliphatic heterocycles. The van der Waals surface area contributed by atoms with Crippen molar-refractivity contribution in [2.45, 2.75) is 51.4 Å². The van der Waals surface area contributed by atoms with Crippen LogP contribution in [-0.4, -0.2) is 21.0 Å². The third kappa shape index (κ3) is 5.08. The van der Waals surface area contributed by atoms with Crippen LogP contribution >= 0.6 is 0 Å². The molecule has 0 spiro atoms. The molecule has 3 heteroatoms. The minimum absolute atomic E-state index is 0.195. The molecule has 0 radical (unpaired) electrons. The molecule has 13 heavy (non-hydrogen) atoms. The first-order valence-electron chi connectivity index (χ1n) is 5.12. The van der Waals surface area contributed by atoms with Crippen molar-refractivity contribution in [1.29, 1.82) is 0 Å². The van der Waals surface area contributed by atoms with Crippen molar-refractivity contribution in [3.05, 3.63) is 0 Å². The molecule has 0 saturated heterocycles. The van der Waals surface area contributed by atoms with Crippen molar-refractivity contribution in [3.63, 3.8) is 0 Å². The summed E-state index contributed by atoms with van der Waals surface area (Å²) in [7, 11) is 0.570. The van der Waals surface area contributed by atoms with E-state index in [9.17, 15) is 4.79 Å². The maximum Gasteiger partial charge on any atom is 0.219 e. The van der Waals surface area contributed by atoms with E-state index in [1.165, 1.54) is 12.8 Å². The van der Waals surface area contributed by atoms with Gasteiger partial charge in [0.2, 0.25) is 5.91 Å². The van der Waals surface area contributed by atoms with Crippen molar-refractivity contribution in [2.75, 3.05) is 7.05 Å². The predicted octanol–water partition coefficient (Wildman–Crippen LogP) is 2.63. The lowest BCUT2D eigenvalue weighted by molar-refractivity contribution is -0.120. The number of nitrogens with one attached hydrogen (secondary N) is 1. The summed E-state index contributed by atoms with van der Waals surface area (Å²) >= 11 is 0. The van der Waals surface area contributed by atoms with Crippen molar-refractivity contribution in [3.8, 4) is 0 Å². The van der Waals surface area contributed by atoms with Crippen LogP contribution in [0.3, 0.4) is 0 Å².